The Morgan fingerprint density at radius 3 is 2.51 bits per heavy atom. The number of fused-ring (bicyclic) bond motifs is 1. The lowest BCUT2D eigenvalue weighted by molar-refractivity contribution is -0.0640. The van der Waals surface area contributed by atoms with Gasteiger partial charge in [0.2, 0.25) is 0 Å². The van der Waals surface area contributed by atoms with Crippen molar-refractivity contribution in [2.75, 3.05) is 0 Å². The Kier molecular flexibility index (Phi) is 6.05. The maximum Gasteiger partial charge on any atom is 0.145 e. The first-order valence-corrected chi connectivity index (χ1v) is 12.9. The molecule has 0 saturated heterocycles. The molecule has 180 valence electrons. The molecular weight excluding hydrogens is 483 g/mol. The molecule has 7 heteroatoms. The van der Waals surface area contributed by atoms with E-state index in [1.165, 1.54) is 0 Å². The van der Waals surface area contributed by atoms with Crippen molar-refractivity contribution >= 4 is 34.1 Å². The topological polar surface area (TPSA) is 68.4 Å². The van der Waals surface area contributed by atoms with Gasteiger partial charge in [-0.05, 0) is 68.4 Å². The molecule has 0 atom stereocenters. The maximum absolute atomic E-state index is 11.4. The van der Waals surface area contributed by atoms with Crippen LogP contribution in [-0.2, 0) is 16.9 Å². The van der Waals surface area contributed by atoms with Gasteiger partial charge in [-0.2, -0.15) is 0 Å². The molecule has 2 aliphatic rings. The number of ether oxygens (including phenoxy) is 1. The van der Waals surface area contributed by atoms with Crippen molar-refractivity contribution in [3.63, 3.8) is 0 Å². The molecule has 2 aromatic carbocycles. The van der Waals surface area contributed by atoms with Crippen molar-refractivity contribution in [2.24, 2.45) is 0 Å². The standard InChI is InChI=1S/C28H26Cl2N2O3/c29-22-4-1-5-23(30)25(22)26-21(27(35-32-26)18-6-7-18)16-34-20-10-12-28(33,13-11-20)19-9-8-17-3-2-14-31-24(17)15-19/h1-5,8-9,14-15,18,20,33H,6-7,10-13,16H2. The van der Waals surface area contributed by atoms with Crippen molar-refractivity contribution in [3.05, 3.63) is 81.7 Å². The smallest absolute Gasteiger partial charge is 0.145 e. The molecule has 0 unspecified atom stereocenters. The minimum absolute atomic E-state index is 0.0466. The minimum Gasteiger partial charge on any atom is -0.385 e. The van der Waals surface area contributed by atoms with Gasteiger partial charge in [-0.3, -0.25) is 4.98 Å². The third-order valence-electron chi connectivity index (χ3n) is 7.33. The maximum atomic E-state index is 11.4. The number of hydrogen-bond donors (Lipinski definition) is 1. The highest BCUT2D eigenvalue weighted by molar-refractivity contribution is 6.39. The number of benzene rings is 2. The van der Waals surface area contributed by atoms with E-state index in [2.05, 4.69) is 10.1 Å². The van der Waals surface area contributed by atoms with Crippen LogP contribution in [0.25, 0.3) is 22.2 Å². The lowest BCUT2D eigenvalue weighted by Gasteiger charge is -2.36. The molecule has 5 nitrogen and oxygen atoms in total. The highest BCUT2D eigenvalue weighted by atomic mass is 35.5. The zero-order valence-corrected chi connectivity index (χ0v) is 20.7. The third kappa shape index (κ3) is 4.47. The van der Waals surface area contributed by atoms with Crippen molar-refractivity contribution in [3.8, 4) is 11.3 Å². The second-order valence-corrected chi connectivity index (χ2v) is 10.5. The Labute approximate surface area is 214 Å². The van der Waals surface area contributed by atoms with Gasteiger partial charge in [0.1, 0.15) is 11.5 Å². The quantitative estimate of drug-likeness (QED) is 0.293. The van der Waals surface area contributed by atoms with Crippen molar-refractivity contribution in [1.82, 2.24) is 10.1 Å². The Morgan fingerprint density at radius 2 is 1.77 bits per heavy atom. The third-order valence-corrected chi connectivity index (χ3v) is 7.96. The largest absolute Gasteiger partial charge is 0.385 e. The summed E-state index contributed by atoms with van der Waals surface area (Å²) in [7, 11) is 0. The number of halogens is 2. The number of nitrogens with zero attached hydrogens (tertiary/aromatic N) is 2. The predicted octanol–water partition coefficient (Wildman–Crippen LogP) is 7.42. The molecule has 0 amide bonds. The highest BCUT2D eigenvalue weighted by Gasteiger charge is 2.37. The van der Waals surface area contributed by atoms with Crippen LogP contribution in [0.3, 0.4) is 0 Å². The molecule has 2 aliphatic carbocycles. The molecule has 4 aromatic rings. The summed E-state index contributed by atoms with van der Waals surface area (Å²) in [5.74, 6) is 1.26. The number of rotatable bonds is 6. The zero-order valence-electron chi connectivity index (χ0n) is 19.2. The summed E-state index contributed by atoms with van der Waals surface area (Å²) in [4.78, 5) is 4.44. The number of hydrogen-bond acceptors (Lipinski definition) is 5. The first-order chi connectivity index (χ1) is 17.0. The molecule has 0 bridgehead atoms. The van der Waals surface area contributed by atoms with Crippen LogP contribution in [-0.4, -0.2) is 21.4 Å². The fourth-order valence-corrected chi connectivity index (χ4v) is 5.71. The van der Waals surface area contributed by atoms with Crippen LogP contribution in [0, 0.1) is 0 Å². The monoisotopic (exact) mass is 508 g/mol. The van der Waals surface area contributed by atoms with E-state index in [1.807, 2.05) is 48.5 Å². The van der Waals surface area contributed by atoms with E-state index in [4.69, 9.17) is 32.5 Å². The summed E-state index contributed by atoms with van der Waals surface area (Å²) in [5, 5.41) is 17.9. The van der Waals surface area contributed by atoms with Gasteiger partial charge in [0.25, 0.3) is 0 Å². The summed E-state index contributed by atoms with van der Waals surface area (Å²) in [6, 6.07) is 15.5. The second kappa shape index (κ2) is 9.21. The molecule has 0 spiro atoms. The van der Waals surface area contributed by atoms with E-state index in [-0.39, 0.29) is 6.10 Å². The summed E-state index contributed by atoms with van der Waals surface area (Å²) in [6.45, 7) is 0.384. The van der Waals surface area contributed by atoms with Crippen molar-refractivity contribution in [2.45, 2.75) is 62.8 Å². The van der Waals surface area contributed by atoms with Crippen LogP contribution in [0.2, 0.25) is 10.0 Å². The zero-order chi connectivity index (χ0) is 24.0. The van der Waals surface area contributed by atoms with Gasteiger partial charge >= 0.3 is 0 Å². The van der Waals surface area contributed by atoms with Crippen LogP contribution < -0.4 is 0 Å². The number of aromatic nitrogens is 2. The van der Waals surface area contributed by atoms with Gasteiger partial charge in [0, 0.05) is 28.6 Å². The lowest BCUT2D eigenvalue weighted by Crippen LogP contribution is -2.34. The highest BCUT2D eigenvalue weighted by Crippen LogP contribution is 2.46. The Balaban J connectivity index is 1.18. The molecule has 6 rings (SSSR count). The van der Waals surface area contributed by atoms with Gasteiger partial charge in [-0.25, -0.2) is 0 Å². The first-order valence-electron chi connectivity index (χ1n) is 12.1. The fourth-order valence-electron chi connectivity index (χ4n) is 5.13. The minimum atomic E-state index is -0.863. The van der Waals surface area contributed by atoms with E-state index < -0.39 is 5.60 Å². The summed E-state index contributed by atoms with van der Waals surface area (Å²) in [6.07, 6.45) is 6.82. The number of aliphatic hydroxyl groups is 1. The SMILES string of the molecule is OC1(c2ccc3cccnc3c2)CCC(OCc2c(-c3c(Cl)cccc3Cl)noc2C2CC2)CC1. The Morgan fingerprint density at radius 1 is 1.00 bits per heavy atom. The van der Waals surface area contributed by atoms with Gasteiger partial charge in [-0.15, -0.1) is 0 Å². The molecule has 2 aromatic heterocycles. The van der Waals surface area contributed by atoms with Gasteiger partial charge in [0.05, 0.1) is 33.9 Å². The van der Waals surface area contributed by atoms with Gasteiger partial charge in [0.15, 0.2) is 0 Å². The van der Waals surface area contributed by atoms with E-state index in [1.54, 1.807) is 6.20 Å². The van der Waals surface area contributed by atoms with E-state index in [9.17, 15) is 5.11 Å². The van der Waals surface area contributed by atoms with Crippen molar-refractivity contribution < 1.29 is 14.4 Å². The molecular formula is C28H26Cl2N2O3. The van der Waals surface area contributed by atoms with E-state index in [0.717, 1.165) is 53.5 Å². The van der Waals surface area contributed by atoms with Crippen LogP contribution in [0.4, 0.5) is 0 Å². The summed E-state index contributed by atoms with van der Waals surface area (Å²) in [5.41, 5.74) is 3.25. The molecule has 0 radical (unpaired) electrons. The normalized spacial score (nSPS) is 22.5. The van der Waals surface area contributed by atoms with Crippen LogP contribution in [0.1, 0.15) is 61.3 Å². The lowest BCUT2D eigenvalue weighted by atomic mass is 9.78. The average Bonchev–Trinajstić information content (AvgIpc) is 3.64. The second-order valence-electron chi connectivity index (χ2n) is 9.70. The van der Waals surface area contributed by atoms with Crippen LogP contribution in [0.5, 0.6) is 0 Å². The average molecular weight is 509 g/mol. The number of pyridine rings is 1. The molecule has 2 saturated carbocycles. The summed E-state index contributed by atoms with van der Waals surface area (Å²) >= 11 is 13.0. The molecule has 0 aliphatic heterocycles. The van der Waals surface area contributed by atoms with E-state index in [0.29, 0.717) is 46.7 Å². The van der Waals surface area contributed by atoms with Crippen molar-refractivity contribution in [1.29, 1.82) is 0 Å². The van der Waals surface area contributed by atoms with E-state index >= 15 is 0 Å². The molecule has 2 heterocycles. The Hall–Kier alpha value is -2.44. The Bertz CT molecular complexity index is 1350. The van der Waals surface area contributed by atoms with Crippen LogP contribution >= 0.6 is 23.2 Å². The first kappa shape index (κ1) is 23.0. The van der Waals surface area contributed by atoms with Gasteiger partial charge < -0.3 is 14.4 Å². The van der Waals surface area contributed by atoms with Gasteiger partial charge in [-0.1, -0.05) is 52.6 Å². The summed E-state index contributed by atoms with van der Waals surface area (Å²) < 4.78 is 12.1. The van der Waals surface area contributed by atoms with Crippen LogP contribution in [0.15, 0.2) is 59.3 Å². The molecule has 2 fully saturated rings. The fraction of sp³-hybridized carbons (Fsp3) is 0.357. The predicted molar refractivity (Wildman–Crippen MR) is 137 cm³/mol. The molecule has 35 heavy (non-hydrogen) atoms. The molecule has 1 N–H and O–H groups in total.